The molecule has 3 rings (SSSR count). The molecule has 0 radical (unpaired) electrons. The van der Waals surface area contributed by atoms with E-state index in [9.17, 15) is 0 Å². The fourth-order valence-corrected chi connectivity index (χ4v) is 3.66. The molecular weight excluding hydrogens is 336 g/mol. The lowest BCUT2D eigenvalue weighted by Crippen LogP contribution is -2.15. The summed E-state index contributed by atoms with van der Waals surface area (Å²) in [7, 11) is 4.22. The summed E-state index contributed by atoms with van der Waals surface area (Å²) in [4.78, 5) is 7.13. The molecule has 1 aromatic heterocycles. The van der Waals surface area contributed by atoms with Gasteiger partial charge in [-0.25, -0.2) is 4.98 Å². The van der Waals surface area contributed by atoms with Crippen LogP contribution >= 0.6 is 24.2 Å². The number of rotatable bonds is 6. The number of pyridine rings is 1. The third-order valence-corrected chi connectivity index (χ3v) is 4.79. The van der Waals surface area contributed by atoms with Crippen LogP contribution in [-0.4, -0.2) is 36.3 Å². The zero-order valence-corrected chi connectivity index (χ0v) is 15.7. The Bertz CT molecular complexity index is 775. The Hall–Kier alpha value is -1.55. The van der Waals surface area contributed by atoms with E-state index in [1.54, 1.807) is 0 Å². The summed E-state index contributed by atoms with van der Waals surface area (Å²) >= 11 is 1.86. The van der Waals surface area contributed by atoms with Crippen molar-refractivity contribution < 1.29 is 0 Å². The summed E-state index contributed by atoms with van der Waals surface area (Å²) in [6.45, 7) is 1.06. The van der Waals surface area contributed by atoms with Crippen LogP contribution in [0.1, 0.15) is 11.1 Å². The van der Waals surface area contributed by atoms with Crippen molar-refractivity contribution >= 4 is 35.1 Å². The molecule has 2 nitrogen and oxygen atoms in total. The van der Waals surface area contributed by atoms with Crippen molar-refractivity contribution in [1.82, 2.24) is 9.88 Å². The minimum Gasteiger partial charge on any atom is -0.309 e. The van der Waals surface area contributed by atoms with Gasteiger partial charge < -0.3 is 4.90 Å². The van der Waals surface area contributed by atoms with Gasteiger partial charge in [0, 0.05) is 24.1 Å². The van der Waals surface area contributed by atoms with Gasteiger partial charge in [-0.3, -0.25) is 0 Å². The zero-order chi connectivity index (χ0) is 16.1. The second-order valence-electron chi connectivity index (χ2n) is 5.96. The molecule has 0 spiro atoms. The van der Waals surface area contributed by atoms with Crippen molar-refractivity contribution in [1.29, 1.82) is 0 Å². The second-order valence-corrected chi connectivity index (χ2v) is 7.04. The van der Waals surface area contributed by atoms with Gasteiger partial charge in [0.25, 0.3) is 0 Å². The highest BCUT2D eigenvalue weighted by atomic mass is 35.5. The van der Waals surface area contributed by atoms with Crippen LogP contribution in [-0.2, 0) is 6.42 Å². The lowest BCUT2D eigenvalue weighted by atomic mass is 10.0. The summed E-state index contributed by atoms with van der Waals surface area (Å²) in [5.74, 6) is 1.06. The SMILES string of the molecule is CN(C)CCSc1nc2ccccc2cc1Cc1ccccc1.Cl. The molecule has 0 aliphatic heterocycles. The predicted octanol–water partition coefficient (Wildman–Crippen LogP) is 4.90. The van der Waals surface area contributed by atoms with Crippen molar-refractivity contribution in [3.05, 3.63) is 71.8 Å². The van der Waals surface area contributed by atoms with E-state index in [1.165, 1.54) is 16.5 Å². The molecule has 126 valence electrons. The van der Waals surface area contributed by atoms with Crippen molar-refractivity contribution in [3.63, 3.8) is 0 Å². The van der Waals surface area contributed by atoms with Crippen molar-refractivity contribution in [2.75, 3.05) is 26.4 Å². The summed E-state index contributed by atoms with van der Waals surface area (Å²) < 4.78 is 0. The molecule has 0 aliphatic carbocycles. The zero-order valence-electron chi connectivity index (χ0n) is 14.1. The van der Waals surface area contributed by atoms with E-state index < -0.39 is 0 Å². The van der Waals surface area contributed by atoms with E-state index in [0.29, 0.717) is 0 Å². The molecule has 0 saturated heterocycles. The Balaban J connectivity index is 0.00000208. The third-order valence-electron chi connectivity index (χ3n) is 3.78. The molecule has 3 aromatic rings. The van der Waals surface area contributed by atoms with Crippen LogP contribution in [0.25, 0.3) is 10.9 Å². The number of halogens is 1. The first kappa shape index (κ1) is 18.8. The Morgan fingerprint density at radius 3 is 2.42 bits per heavy atom. The van der Waals surface area contributed by atoms with Crippen LogP contribution in [0.15, 0.2) is 65.7 Å². The number of hydrogen-bond acceptors (Lipinski definition) is 3. The Morgan fingerprint density at radius 2 is 1.67 bits per heavy atom. The average molecular weight is 359 g/mol. The number of benzene rings is 2. The van der Waals surface area contributed by atoms with E-state index in [-0.39, 0.29) is 12.4 Å². The molecule has 2 aromatic carbocycles. The molecule has 0 aliphatic rings. The van der Waals surface area contributed by atoms with Gasteiger partial charge in [0.1, 0.15) is 5.03 Å². The highest BCUT2D eigenvalue weighted by Gasteiger charge is 2.09. The Labute approximate surface area is 154 Å². The molecular formula is C20H23ClN2S. The quantitative estimate of drug-likeness (QED) is 0.583. The minimum absolute atomic E-state index is 0. The number of aromatic nitrogens is 1. The van der Waals surface area contributed by atoms with Crippen molar-refractivity contribution in [2.45, 2.75) is 11.4 Å². The van der Waals surface area contributed by atoms with Gasteiger partial charge in [0.15, 0.2) is 0 Å². The van der Waals surface area contributed by atoms with Gasteiger partial charge in [-0.1, -0.05) is 48.5 Å². The predicted molar refractivity (Wildman–Crippen MR) is 108 cm³/mol. The lowest BCUT2D eigenvalue weighted by Gasteiger charge is -2.12. The van der Waals surface area contributed by atoms with Gasteiger partial charge in [-0.2, -0.15) is 0 Å². The summed E-state index contributed by atoms with van der Waals surface area (Å²) in [5, 5.41) is 2.38. The molecule has 0 bridgehead atoms. The van der Waals surface area contributed by atoms with Crippen LogP contribution in [0.5, 0.6) is 0 Å². The number of hydrogen-bond donors (Lipinski definition) is 0. The fraction of sp³-hybridized carbons (Fsp3) is 0.250. The normalized spacial score (nSPS) is 10.8. The first-order valence-corrected chi connectivity index (χ1v) is 8.91. The van der Waals surface area contributed by atoms with Crippen LogP contribution in [0.4, 0.5) is 0 Å². The van der Waals surface area contributed by atoms with E-state index in [1.807, 2.05) is 11.8 Å². The van der Waals surface area contributed by atoms with Crippen LogP contribution in [0, 0.1) is 0 Å². The van der Waals surface area contributed by atoms with E-state index >= 15 is 0 Å². The molecule has 24 heavy (non-hydrogen) atoms. The average Bonchev–Trinajstić information content (AvgIpc) is 2.56. The highest BCUT2D eigenvalue weighted by Crippen LogP contribution is 2.27. The van der Waals surface area contributed by atoms with Crippen LogP contribution in [0.3, 0.4) is 0 Å². The summed E-state index contributed by atoms with van der Waals surface area (Å²) in [6.07, 6.45) is 0.934. The maximum Gasteiger partial charge on any atom is 0.100 e. The van der Waals surface area contributed by atoms with E-state index in [0.717, 1.165) is 29.3 Å². The third kappa shape index (κ3) is 4.97. The van der Waals surface area contributed by atoms with E-state index in [2.05, 4.69) is 79.7 Å². The number of nitrogens with zero attached hydrogens (tertiary/aromatic N) is 2. The van der Waals surface area contributed by atoms with Crippen molar-refractivity contribution in [2.24, 2.45) is 0 Å². The van der Waals surface area contributed by atoms with Gasteiger partial charge in [-0.05, 0) is 37.4 Å². The molecule has 1 heterocycles. The first-order chi connectivity index (χ1) is 11.2. The smallest absolute Gasteiger partial charge is 0.100 e. The van der Waals surface area contributed by atoms with Gasteiger partial charge in [0.2, 0.25) is 0 Å². The van der Waals surface area contributed by atoms with Crippen molar-refractivity contribution in [3.8, 4) is 0 Å². The molecule has 0 saturated carbocycles. The summed E-state index contributed by atoms with van der Waals surface area (Å²) in [6, 6.07) is 21.3. The molecule has 0 atom stereocenters. The number of thioether (sulfide) groups is 1. The topological polar surface area (TPSA) is 16.1 Å². The molecule has 4 heteroatoms. The first-order valence-electron chi connectivity index (χ1n) is 7.92. The Morgan fingerprint density at radius 1 is 0.958 bits per heavy atom. The summed E-state index contributed by atoms with van der Waals surface area (Å²) in [5.41, 5.74) is 3.73. The van der Waals surface area contributed by atoms with E-state index in [4.69, 9.17) is 4.98 Å². The maximum absolute atomic E-state index is 4.91. The fourth-order valence-electron chi connectivity index (χ4n) is 2.53. The Kier molecular flexibility index (Phi) is 7.10. The van der Waals surface area contributed by atoms with Gasteiger partial charge in [0.05, 0.1) is 5.52 Å². The van der Waals surface area contributed by atoms with Gasteiger partial charge in [-0.15, -0.1) is 24.2 Å². The molecule has 0 fully saturated rings. The standard InChI is InChI=1S/C20H22N2S.ClH/c1-22(2)12-13-23-20-18(14-16-8-4-3-5-9-16)15-17-10-6-7-11-19(17)21-20;/h3-11,15H,12-14H2,1-2H3;1H. The highest BCUT2D eigenvalue weighted by molar-refractivity contribution is 7.99. The lowest BCUT2D eigenvalue weighted by molar-refractivity contribution is 0.437. The van der Waals surface area contributed by atoms with Gasteiger partial charge >= 0.3 is 0 Å². The molecule has 0 N–H and O–H groups in total. The molecule has 0 unspecified atom stereocenters. The molecule has 0 amide bonds. The number of fused-ring (bicyclic) bond motifs is 1. The van der Waals surface area contributed by atoms with Crippen LogP contribution < -0.4 is 0 Å². The minimum atomic E-state index is 0. The number of para-hydroxylation sites is 1. The second kappa shape index (κ2) is 9.07. The monoisotopic (exact) mass is 358 g/mol. The largest absolute Gasteiger partial charge is 0.309 e. The van der Waals surface area contributed by atoms with Crippen LogP contribution in [0.2, 0.25) is 0 Å². The maximum atomic E-state index is 4.91.